The van der Waals surface area contributed by atoms with Crippen LogP contribution in [0.25, 0.3) is 0 Å². The van der Waals surface area contributed by atoms with E-state index in [4.69, 9.17) is 0 Å². The maximum absolute atomic E-state index is 11.5. The zero-order valence-corrected chi connectivity index (χ0v) is 9.82. The van der Waals surface area contributed by atoms with E-state index in [1.807, 2.05) is 18.7 Å². The van der Waals surface area contributed by atoms with Gasteiger partial charge in [0.1, 0.15) is 0 Å². The minimum absolute atomic E-state index is 0.0440. The second-order valence-corrected chi connectivity index (χ2v) is 4.79. The molecule has 1 saturated carbocycles. The lowest BCUT2D eigenvalue weighted by atomic mass is 10.3. The first-order chi connectivity index (χ1) is 6.74. The third-order valence-electron chi connectivity index (χ3n) is 2.29. The number of rotatable bonds is 7. The van der Waals surface area contributed by atoms with Crippen LogP contribution in [-0.2, 0) is 4.79 Å². The SMILES string of the molecule is CSCCCNC(C)C(=O)NC1CC1. The highest BCUT2D eigenvalue weighted by molar-refractivity contribution is 7.98. The van der Waals surface area contributed by atoms with Crippen LogP contribution in [0.2, 0.25) is 0 Å². The van der Waals surface area contributed by atoms with Gasteiger partial charge in [-0.1, -0.05) is 0 Å². The first-order valence-electron chi connectivity index (χ1n) is 5.26. The van der Waals surface area contributed by atoms with Crippen molar-refractivity contribution in [2.24, 2.45) is 0 Å². The van der Waals surface area contributed by atoms with Gasteiger partial charge in [-0.15, -0.1) is 0 Å². The molecule has 2 N–H and O–H groups in total. The first-order valence-corrected chi connectivity index (χ1v) is 6.66. The summed E-state index contributed by atoms with van der Waals surface area (Å²) in [6.45, 7) is 2.86. The van der Waals surface area contributed by atoms with Crippen LogP contribution in [0.15, 0.2) is 0 Å². The highest BCUT2D eigenvalue weighted by atomic mass is 32.2. The van der Waals surface area contributed by atoms with Crippen molar-refractivity contribution >= 4 is 17.7 Å². The number of carbonyl (C=O) groups excluding carboxylic acids is 1. The quantitative estimate of drug-likeness (QED) is 0.624. The molecule has 1 unspecified atom stereocenters. The molecular weight excluding hydrogens is 196 g/mol. The van der Waals surface area contributed by atoms with Crippen LogP contribution < -0.4 is 10.6 Å². The predicted molar refractivity (Wildman–Crippen MR) is 61.6 cm³/mol. The van der Waals surface area contributed by atoms with E-state index in [0.717, 1.165) is 31.6 Å². The number of hydrogen-bond donors (Lipinski definition) is 2. The highest BCUT2D eigenvalue weighted by Gasteiger charge is 2.25. The third kappa shape index (κ3) is 4.86. The number of carbonyl (C=O) groups is 1. The zero-order chi connectivity index (χ0) is 10.4. The van der Waals surface area contributed by atoms with Crippen molar-refractivity contribution in [3.05, 3.63) is 0 Å². The molecule has 0 bridgehead atoms. The molecule has 0 saturated heterocycles. The molecule has 3 nitrogen and oxygen atoms in total. The molecule has 1 aliphatic carbocycles. The fourth-order valence-electron chi connectivity index (χ4n) is 1.18. The molecule has 0 radical (unpaired) electrons. The van der Waals surface area contributed by atoms with Gasteiger partial charge >= 0.3 is 0 Å². The monoisotopic (exact) mass is 216 g/mol. The van der Waals surface area contributed by atoms with Gasteiger partial charge in [0.25, 0.3) is 0 Å². The molecule has 1 atom stereocenters. The summed E-state index contributed by atoms with van der Waals surface area (Å²) in [5.41, 5.74) is 0. The van der Waals surface area contributed by atoms with Gasteiger partial charge in [-0.05, 0) is 44.7 Å². The van der Waals surface area contributed by atoms with Gasteiger partial charge in [0.05, 0.1) is 6.04 Å². The van der Waals surface area contributed by atoms with Crippen LogP contribution in [0.4, 0.5) is 0 Å². The Morgan fingerprint density at radius 2 is 2.29 bits per heavy atom. The standard InChI is InChI=1S/C10H20N2OS/c1-8(11-6-3-7-14-2)10(13)12-9-4-5-9/h8-9,11H,3-7H2,1-2H3,(H,12,13). The number of amides is 1. The largest absolute Gasteiger partial charge is 0.352 e. The van der Waals surface area contributed by atoms with Gasteiger partial charge in [-0.2, -0.15) is 11.8 Å². The molecule has 0 aromatic heterocycles. The van der Waals surface area contributed by atoms with Crippen LogP contribution in [0.5, 0.6) is 0 Å². The number of thioether (sulfide) groups is 1. The Labute approximate surface area is 90.4 Å². The molecule has 1 aliphatic rings. The molecule has 0 aliphatic heterocycles. The fraction of sp³-hybridized carbons (Fsp3) is 0.900. The molecule has 0 heterocycles. The second-order valence-electron chi connectivity index (χ2n) is 3.81. The lowest BCUT2D eigenvalue weighted by Gasteiger charge is -2.13. The molecule has 0 aromatic rings. The molecule has 0 spiro atoms. The summed E-state index contributed by atoms with van der Waals surface area (Å²) in [6, 6.07) is 0.426. The van der Waals surface area contributed by atoms with Crippen molar-refractivity contribution in [2.45, 2.75) is 38.3 Å². The van der Waals surface area contributed by atoms with Crippen molar-refractivity contribution in [3.8, 4) is 0 Å². The minimum Gasteiger partial charge on any atom is -0.352 e. The van der Waals surface area contributed by atoms with E-state index >= 15 is 0 Å². The normalized spacial score (nSPS) is 17.9. The van der Waals surface area contributed by atoms with E-state index in [1.54, 1.807) is 0 Å². The van der Waals surface area contributed by atoms with Gasteiger partial charge in [-0.25, -0.2) is 0 Å². The van der Waals surface area contributed by atoms with Crippen molar-refractivity contribution < 1.29 is 4.79 Å². The molecule has 0 aromatic carbocycles. The summed E-state index contributed by atoms with van der Waals surface area (Å²) < 4.78 is 0. The Kier molecular flexibility index (Phi) is 5.33. The van der Waals surface area contributed by atoms with Gasteiger partial charge in [0.15, 0.2) is 0 Å². The van der Waals surface area contributed by atoms with E-state index in [9.17, 15) is 4.79 Å². The van der Waals surface area contributed by atoms with Gasteiger partial charge < -0.3 is 10.6 Å². The molecule has 82 valence electrons. The smallest absolute Gasteiger partial charge is 0.237 e. The van der Waals surface area contributed by atoms with Crippen LogP contribution in [-0.4, -0.2) is 36.5 Å². The lowest BCUT2D eigenvalue weighted by molar-refractivity contribution is -0.122. The predicted octanol–water partition coefficient (Wildman–Crippen LogP) is 0.996. The van der Waals surface area contributed by atoms with Crippen LogP contribution >= 0.6 is 11.8 Å². The first kappa shape index (κ1) is 11.9. The Hall–Kier alpha value is -0.220. The Morgan fingerprint density at radius 1 is 1.57 bits per heavy atom. The van der Waals surface area contributed by atoms with E-state index in [-0.39, 0.29) is 11.9 Å². The van der Waals surface area contributed by atoms with Gasteiger partial charge in [0, 0.05) is 6.04 Å². The highest BCUT2D eigenvalue weighted by Crippen LogP contribution is 2.18. The average Bonchev–Trinajstić information content (AvgIpc) is 2.96. The summed E-state index contributed by atoms with van der Waals surface area (Å²) in [4.78, 5) is 11.5. The van der Waals surface area contributed by atoms with E-state index in [1.165, 1.54) is 0 Å². The lowest BCUT2D eigenvalue weighted by Crippen LogP contribution is -2.43. The fourth-order valence-corrected chi connectivity index (χ4v) is 1.61. The number of hydrogen-bond acceptors (Lipinski definition) is 3. The average molecular weight is 216 g/mol. The van der Waals surface area contributed by atoms with Crippen LogP contribution in [0, 0.1) is 0 Å². The second kappa shape index (κ2) is 6.30. The maximum atomic E-state index is 11.5. The Morgan fingerprint density at radius 3 is 2.86 bits per heavy atom. The Balaban J connectivity index is 2.00. The zero-order valence-electron chi connectivity index (χ0n) is 9.01. The topological polar surface area (TPSA) is 41.1 Å². The molecule has 1 rings (SSSR count). The summed E-state index contributed by atoms with van der Waals surface area (Å²) in [6.07, 6.45) is 5.54. The molecule has 1 amide bonds. The van der Waals surface area contributed by atoms with Gasteiger partial charge in [0.2, 0.25) is 5.91 Å². The van der Waals surface area contributed by atoms with E-state index in [0.29, 0.717) is 6.04 Å². The van der Waals surface area contributed by atoms with E-state index < -0.39 is 0 Å². The van der Waals surface area contributed by atoms with Crippen LogP contribution in [0.3, 0.4) is 0 Å². The minimum atomic E-state index is -0.0440. The summed E-state index contributed by atoms with van der Waals surface area (Å²) in [5.74, 6) is 1.31. The Bertz CT molecular complexity index is 183. The molecular formula is C10H20N2OS. The molecule has 14 heavy (non-hydrogen) atoms. The summed E-state index contributed by atoms with van der Waals surface area (Å²) in [7, 11) is 0. The van der Waals surface area contributed by atoms with Crippen LogP contribution in [0.1, 0.15) is 26.2 Å². The van der Waals surface area contributed by atoms with E-state index in [2.05, 4.69) is 16.9 Å². The van der Waals surface area contributed by atoms with Crippen molar-refractivity contribution in [3.63, 3.8) is 0 Å². The van der Waals surface area contributed by atoms with Crippen molar-refractivity contribution in [2.75, 3.05) is 18.6 Å². The van der Waals surface area contributed by atoms with Crippen molar-refractivity contribution in [1.29, 1.82) is 0 Å². The summed E-state index contributed by atoms with van der Waals surface area (Å²) in [5, 5.41) is 6.21. The maximum Gasteiger partial charge on any atom is 0.237 e. The number of nitrogens with one attached hydrogen (secondary N) is 2. The molecule has 1 fully saturated rings. The third-order valence-corrected chi connectivity index (χ3v) is 2.99. The van der Waals surface area contributed by atoms with Crippen molar-refractivity contribution in [1.82, 2.24) is 10.6 Å². The molecule has 4 heteroatoms. The van der Waals surface area contributed by atoms with Gasteiger partial charge in [-0.3, -0.25) is 4.79 Å². The summed E-state index contributed by atoms with van der Waals surface area (Å²) >= 11 is 1.84.